The number of alkyl halides is 1. The molecule has 0 aliphatic heterocycles. The van der Waals surface area contributed by atoms with Gasteiger partial charge >= 0.3 is 0 Å². The molecule has 0 spiro atoms. The van der Waals surface area contributed by atoms with Gasteiger partial charge in [0.25, 0.3) is 0 Å². The van der Waals surface area contributed by atoms with Crippen molar-refractivity contribution in [1.82, 2.24) is 4.31 Å². The Morgan fingerprint density at radius 1 is 1.35 bits per heavy atom. The van der Waals surface area contributed by atoms with Gasteiger partial charge in [-0.1, -0.05) is 13.0 Å². The molecule has 0 saturated carbocycles. The first-order valence-electron chi connectivity index (χ1n) is 6.39. The van der Waals surface area contributed by atoms with Crippen LogP contribution in [-0.4, -0.2) is 39.0 Å². The fourth-order valence-electron chi connectivity index (χ4n) is 1.73. The summed E-state index contributed by atoms with van der Waals surface area (Å²) in [4.78, 5) is 0.254. The van der Waals surface area contributed by atoms with Gasteiger partial charge in [-0.25, -0.2) is 8.42 Å². The van der Waals surface area contributed by atoms with E-state index >= 15 is 0 Å². The molecule has 0 saturated heterocycles. The Kier molecular flexibility index (Phi) is 7.47. The molecule has 1 rings (SSSR count). The summed E-state index contributed by atoms with van der Waals surface area (Å²) < 4.78 is 32.3. The van der Waals surface area contributed by atoms with Gasteiger partial charge in [0.1, 0.15) is 0 Å². The van der Waals surface area contributed by atoms with E-state index in [1.54, 1.807) is 18.2 Å². The SMILES string of the molecule is CCOCCN(CC)S(=O)(=O)c1ccc(CCl)cc1Br. The van der Waals surface area contributed by atoms with Gasteiger partial charge in [0.2, 0.25) is 10.0 Å². The van der Waals surface area contributed by atoms with E-state index in [0.717, 1.165) is 5.56 Å². The van der Waals surface area contributed by atoms with Crippen molar-refractivity contribution in [3.8, 4) is 0 Å². The van der Waals surface area contributed by atoms with Gasteiger partial charge in [0, 0.05) is 30.0 Å². The van der Waals surface area contributed by atoms with Crippen LogP contribution in [0.2, 0.25) is 0 Å². The summed E-state index contributed by atoms with van der Waals surface area (Å²) in [6.45, 7) is 5.40. The van der Waals surface area contributed by atoms with Crippen molar-refractivity contribution >= 4 is 37.6 Å². The zero-order valence-electron chi connectivity index (χ0n) is 11.6. The van der Waals surface area contributed by atoms with Crippen LogP contribution >= 0.6 is 27.5 Å². The number of nitrogens with zero attached hydrogens (tertiary/aromatic N) is 1. The molecule has 20 heavy (non-hydrogen) atoms. The van der Waals surface area contributed by atoms with Crippen LogP contribution in [0.3, 0.4) is 0 Å². The highest BCUT2D eigenvalue weighted by Crippen LogP contribution is 2.26. The van der Waals surface area contributed by atoms with Crippen molar-refractivity contribution in [3.63, 3.8) is 0 Å². The van der Waals surface area contributed by atoms with Gasteiger partial charge in [0.15, 0.2) is 0 Å². The fraction of sp³-hybridized carbons (Fsp3) is 0.538. The molecule has 0 bridgehead atoms. The Morgan fingerprint density at radius 2 is 2.05 bits per heavy atom. The number of ether oxygens (including phenoxy) is 1. The summed E-state index contributed by atoms with van der Waals surface area (Å²) in [5, 5.41) is 0. The zero-order chi connectivity index (χ0) is 15.2. The minimum Gasteiger partial charge on any atom is -0.380 e. The number of likely N-dealkylation sites (N-methyl/N-ethyl adjacent to an activating group) is 1. The molecular formula is C13H19BrClNO3S. The third-order valence-corrected chi connectivity index (χ3v) is 6.07. The van der Waals surface area contributed by atoms with Crippen molar-refractivity contribution in [2.24, 2.45) is 0 Å². The summed E-state index contributed by atoms with van der Waals surface area (Å²) >= 11 is 9.05. The summed E-state index contributed by atoms with van der Waals surface area (Å²) in [6, 6.07) is 5.04. The smallest absolute Gasteiger partial charge is 0.244 e. The maximum Gasteiger partial charge on any atom is 0.244 e. The van der Waals surface area contributed by atoms with Crippen molar-refractivity contribution < 1.29 is 13.2 Å². The van der Waals surface area contributed by atoms with E-state index < -0.39 is 10.0 Å². The van der Waals surface area contributed by atoms with Gasteiger partial charge in [0.05, 0.1) is 11.5 Å². The number of hydrogen-bond donors (Lipinski definition) is 0. The summed E-state index contributed by atoms with van der Waals surface area (Å²) in [7, 11) is -3.52. The number of halogens is 2. The maximum absolute atomic E-state index is 12.6. The van der Waals surface area contributed by atoms with Crippen LogP contribution in [0.5, 0.6) is 0 Å². The molecular weight excluding hydrogens is 366 g/mol. The Morgan fingerprint density at radius 3 is 2.55 bits per heavy atom. The summed E-state index contributed by atoms with van der Waals surface area (Å²) in [5.74, 6) is 0.348. The first kappa shape index (κ1) is 17.9. The van der Waals surface area contributed by atoms with Crippen molar-refractivity contribution in [1.29, 1.82) is 0 Å². The standard InChI is InChI=1S/C13H19BrClNO3S/c1-3-16(7-8-19-4-2)20(17,18)13-6-5-11(10-15)9-12(13)14/h5-6,9H,3-4,7-8,10H2,1-2H3. The van der Waals surface area contributed by atoms with E-state index in [2.05, 4.69) is 15.9 Å². The van der Waals surface area contributed by atoms with Gasteiger partial charge in [-0.05, 0) is 40.5 Å². The molecule has 7 heteroatoms. The first-order chi connectivity index (χ1) is 9.47. The van der Waals surface area contributed by atoms with Crippen LogP contribution in [0.4, 0.5) is 0 Å². The van der Waals surface area contributed by atoms with E-state index in [9.17, 15) is 8.42 Å². The molecule has 0 aliphatic carbocycles. The second-order valence-electron chi connectivity index (χ2n) is 4.09. The van der Waals surface area contributed by atoms with E-state index in [1.807, 2.05) is 13.8 Å². The fourth-order valence-corrected chi connectivity index (χ4v) is 4.42. The minimum atomic E-state index is -3.52. The topological polar surface area (TPSA) is 46.6 Å². The van der Waals surface area contributed by atoms with E-state index in [1.165, 1.54) is 4.31 Å². The largest absolute Gasteiger partial charge is 0.380 e. The normalized spacial score (nSPS) is 12.1. The maximum atomic E-state index is 12.6. The molecule has 0 amide bonds. The number of sulfonamides is 1. The molecule has 0 heterocycles. The third-order valence-electron chi connectivity index (χ3n) is 2.81. The second kappa shape index (κ2) is 8.34. The summed E-state index contributed by atoms with van der Waals surface area (Å²) in [5.41, 5.74) is 0.870. The molecule has 0 atom stereocenters. The van der Waals surface area contributed by atoms with Crippen molar-refractivity contribution in [2.75, 3.05) is 26.3 Å². The van der Waals surface area contributed by atoms with Gasteiger partial charge in [-0.2, -0.15) is 4.31 Å². The molecule has 4 nitrogen and oxygen atoms in total. The molecule has 114 valence electrons. The van der Waals surface area contributed by atoms with Crippen LogP contribution in [-0.2, 0) is 20.6 Å². The molecule has 0 N–H and O–H groups in total. The highest BCUT2D eigenvalue weighted by molar-refractivity contribution is 9.10. The molecule has 0 radical (unpaired) electrons. The predicted octanol–water partition coefficient (Wildman–Crippen LogP) is 3.24. The average molecular weight is 385 g/mol. The van der Waals surface area contributed by atoms with Crippen LogP contribution in [0, 0.1) is 0 Å². The lowest BCUT2D eigenvalue weighted by Crippen LogP contribution is -2.34. The van der Waals surface area contributed by atoms with Crippen LogP contribution < -0.4 is 0 Å². The Hall–Kier alpha value is -0.140. The molecule has 1 aromatic carbocycles. The zero-order valence-corrected chi connectivity index (χ0v) is 14.8. The molecule has 0 unspecified atom stereocenters. The molecule has 0 fully saturated rings. The molecule has 1 aromatic rings. The van der Waals surface area contributed by atoms with Gasteiger partial charge in [-0.3, -0.25) is 0 Å². The Labute approximate surface area is 134 Å². The first-order valence-corrected chi connectivity index (χ1v) is 9.16. The Balaban J connectivity index is 3.01. The molecule has 0 aromatic heterocycles. The quantitative estimate of drug-likeness (QED) is 0.510. The third kappa shape index (κ3) is 4.43. The van der Waals surface area contributed by atoms with Gasteiger partial charge in [-0.15, -0.1) is 11.6 Å². The van der Waals surface area contributed by atoms with Crippen LogP contribution in [0.1, 0.15) is 19.4 Å². The number of benzene rings is 1. The predicted molar refractivity (Wildman–Crippen MR) is 84.6 cm³/mol. The number of hydrogen-bond acceptors (Lipinski definition) is 3. The van der Waals surface area contributed by atoms with E-state index in [-0.39, 0.29) is 4.90 Å². The monoisotopic (exact) mass is 383 g/mol. The molecule has 0 aliphatic rings. The van der Waals surface area contributed by atoms with E-state index in [0.29, 0.717) is 36.7 Å². The summed E-state index contributed by atoms with van der Waals surface area (Å²) in [6.07, 6.45) is 0. The lowest BCUT2D eigenvalue weighted by molar-refractivity contribution is 0.135. The van der Waals surface area contributed by atoms with Crippen molar-refractivity contribution in [2.45, 2.75) is 24.6 Å². The second-order valence-corrected chi connectivity index (χ2v) is 7.12. The Bertz CT molecular complexity index is 536. The van der Waals surface area contributed by atoms with Crippen molar-refractivity contribution in [3.05, 3.63) is 28.2 Å². The van der Waals surface area contributed by atoms with E-state index in [4.69, 9.17) is 16.3 Å². The number of rotatable bonds is 8. The minimum absolute atomic E-state index is 0.254. The lowest BCUT2D eigenvalue weighted by atomic mass is 10.2. The highest BCUT2D eigenvalue weighted by atomic mass is 79.9. The average Bonchev–Trinajstić information content (AvgIpc) is 2.42. The lowest BCUT2D eigenvalue weighted by Gasteiger charge is -2.21. The van der Waals surface area contributed by atoms with Gasteiger partial charge < -0.3 is 4.74 Å². The van der Waals surface area contributed by atoms with Crippen LogP contribution in [0.25, 0.3) is 0 Å². The van der Waals surface area contributed by atoms with Crippen LogP contribution in [0.15, 0.2) is 27.6 Å². The highest BCUT2D eigenvalue weighted by Gasteiger charge is 2.25.